The molecule has 66 valence electrons. The first kappa shape index (κ1) is 13.9. The van der Waals surface area contributed by atoms with Crippen LogP contribution in [0.15, 0.2) is 18.2 Å². The molecule has 7 heteroatoms. The van der Waals surface area contributed by atoms with E-state index in [9.17, 15) is 17.3 Å². The van der Waals surface area contributed by atoms with E-state index in [1.54, 1.807) is 0 Å². The molecule has 0 amide bonds. The first-order valence-electron chi connectivity index (χ1n) is 3.06. The van der Waals surface area contributed by atoms with Crippen LogP contribution < -0.4 is 56.8 Å². The van der Waals surface area contributed by atoms with Crippen molar-refractivity contribution in [3.63, 3.8) is 0 Å². The van der Waals surface area contributed by atoms with Crippen LogP contribution in [0.4, 0.5) is 17.3 Å². The number of benzene rings is 1. The maximum atomic E-state index is 12.4. The summed E-state index contributed by atoms with van der Waals surface area (Å²) in [4.78, 5) is 0. The number of rotatable bonds is 1. The topological polar surface area (TPSA) is 0 Å². The molecule has 0 unspecified atom stereocenters. The smallest absolute Gasteiger partial charge is 0.445 e. The minimum absolute atomic E-state index is 0. The molecular formula is C6H3BClF4K. The van der Waals surface area contributed by atoms with Crippen LogP contribution in [-0.2, 0) is 0 Å². The summed E-state index contributed by atoms with van der Waals surface area (Å²) in [5.74, 6) is -0.847. The summed E-state index contributed by atoms with van der Waals surface area (Å²) >= 11 is 5.15. The Hall–Kier alpha value is 0.931. The van der Waals surface area contributed by atoms with Gasteiger partial charge in [0.15, 0.2) is 0 Å². The van der Waals surface area contributed by atoms with E-state index in [0.717, 1.165) is 0 Å². The summed E-state index contributed by atoms with van der Waals surface area (Å²) in [5.41, 5.74) is -0.888. The summed E-state index contributed by atoms with van der Waals surface area (Å²) in [6.07, 6.45) is 0. The maximum absolute atomic E-state index is 12.4. The van der Waals surface area contributed by atoms with Gasteiger partial charge in [0, 0.05) is 0 Å². The second-order valence-electron chi connectivity index (χ2n) is 2.25. The van der Waals surface area contributed by atoms with Crippen LogP contribution in [0.1, 0.15) is 0 Å². The predicted octanol–water partition coefficient (Wildman–Crippen LogP) is -0.462. The quantitative estimate of drug-likeness (QED) is 0.457. The number of hydrogen-bond donors (Lipinski definition) is 0. The van der Waals surface area contributed by atoms with Crippen LogP contribution >= 0.6 is 11.6 Å². The first-order valence-corrected chi connectivity index (χ1v) is 3.44. The molecule has 0 saturated carbocycles. The molecule has 0 saturated heterocycles. The Morgan fingerprint density at radius 1 is 1.15 bits per heavy atom. The molecule has 0 nitrogen and oxygen atoms in total. The van der Waals surface area contributed by atoms with Gasteiger partial charge in [0.25, 0.3) is 0 Å². The Balaban J connectivity index is 0.00000144. The van der Waals surface area contributed by atoms with Crippen LogP contribution in [0.3, 0.4) is 0 Å². The van der Waals surface area contributed by atoms with Crippen molar-refractivity contribution in [3.05, 3.63) is 29.0 Å². The van der Waals surface area contributed by atoms with Crippen molar-refractivity contribution < 1.29 is 68.7 Å². The third kappa shape index (κ3) is 3.89. The maximum Gasteiger partial charge on any atom is 1.00 e. The van der Waals surface area contributed by atoms with E-state index < -0.39 is 23.3 Å². The normalized spacial score (nSPS) is 10.8. The van der Waals surface area contributed by atoms with Gasteiger partial charge in [0.2, 0.25) is 0 Å². The zero-order valence-corrected chi connectivity index (χ0v) is 10.6. The molecule has 0 radical (unpaired) electrons. The first-order chi connectivity index (χ1) is 5.41. The molecule has 0 atom stereocenters. The van der Waals surface area contributed by atoms with E-state index in [2.05, 4.69) is 0 Å². The minimum Gasteiger partial charge on any atom is -0.445 e. The monoisotopic (exact) mass is 236 g/mol. The van der Waals surface area contributed by atoms with Crippen molar-refractivity contribution in [2.24, 2.45) is 0 Å². The van der Waals surface area contributed by atoms with Crippen LogP contribution in [-0.4, -0.2) is 6.98 Å². The van der Waals surface area contributed by atoms with Crippen molar-refractivity contribution in [3.8, 4) is 0 Å². The van der Waals surface area contributed by atoms with Gasteiger partial charge in [-0.25, -0.2) is 4.39 Å². The second-order valence-corrected chi connectivity index (χ2v) is 2.66. The van der Waals surface area contributed by atoms with Crippen molar-refractivity contribution in [1.82, 2.24) is 0 Å². The molecule has 1 rings (SSSR count). The molecule has 1 aromatic carbocycles. The number of hydrogen-bond acceptors (Lipinski definition) is 0. The fourth-order valence-electron chi connectivity index (χ4n) is 0.716. The van der Waals surface area contributed by atoms with Gasteiger partial charge in [-0.1, -0.05) is 23.7 Å². The molecule has 0 heterocycles. The second kappa shape index (κ2) is 5.14. The van der Waals surface area contributed by atoms with Crippen molar-refractivity contribution >= 4 is 24.0 Å². The number of halogens is 5. The largest absolute Gasteiger partial charge is 1.00 e. The van der Waals surface area contributed by atoms with E-state index >= 15 is 0 Å². The Labute approximate surface area is 120 Å². The predicted molar refractivity (Wildman–Crippen MR) is 40.1 cm³/mol. The Morgan fingerprint density at radius 3 is 2.08 bits per heavy atom. The molecule has 0 aliphatic heterocycles. The Kier molecular flexibility index (Phi) is 5.50. The minimum atomic E-state index is -5.09. The molecule has 0 aromatic heterocycles. The van der Waals surface area contributed by atoms with Gasteiger partial charge in [0.05, 0.1) is 5.02 Å². The molecular weight excluding hydrogens is 233 g/mol. The van der Waals surface area contributed by atoms with Crippen molar-refractivity contribution in [2.45, 2.75) is 0 Å². The van der Waals surface area contributed by atoms with Gasteiger partial charge in [-0.3, -0.25) is 0 Å². The van der Waals surface area contributed by atoms with Gasteiger partial charge in [-0.05, 0) is 6.07 Å². The molecule has 0 fully saturated rings. The van der Waals surface area contributed by atoms with Crippen LogP contribution in [0.25, 0.3) is 0 Å². The van der Waals surface area contributed by atoms with Gasteiger partial charge < -0.3 is 12.9 Å². The Morgan fingerprint density at radius 2 is 1.69 bits per heavy atom. The van der Waals surface area contributed by atoms with E-state index in [1.807, 2.05) is 0 Å². The average molecular weight is 236 g/mol. The zero-order valence-electron chi connectivity index (χ0n) is 6.70. The summed E-state index contributed by atoms with van der Waals surface area (Å²) < 4.78 is 48.3. The molecule has 1 aromatic rings. The SMILES string of the molecule is Fc1ccc([B-](F)(F)F)cc1Cl.[K+]. The zero-order chi connectivity index (χ0) is 9.35. The van der Waals surface area contributed by atoms with Gasteiger partial charge in [-0.2, -0.15) is 0 Å². The van der Waals surface area contributed by atoms with Gasteiger partial charge in [-0.15, -0.1) is 5.46 Å². The van der Waals surface area contributed by atoms with Crippen LogP contribution in [0, 0.1) is 5.82 Å². The summed E-state index contributed by atoms with van der Waals surface area (Å²) in [5, 5.41) is -0.508. The molecule has 0 aliphatic carbocycles. The molecule has 0 N–H and O–H groups in total. The third-order valence-corrected chi connectivity index (χ3v) is 1.61. The molecule has 0 aliphatic rings. The molecule has 13 heavy (non-hydrogen) atoms. The van der Waals surface area contributed by atoms with E-state index in [1.165, 1.54) is 0 Å². The van der Waals surface area contributed by atoms with Gasteiger partial charge >= 0.3 is 58.4 Å². The van der Waals surface area contributed by atoms with Crippen LogP contribution in [0.5, 0.6) is 0 Å². The van der Waals surface area contributed by atoms with Crippen LogP contribution in [0.2, 0.25) is 5.02 Å². The summed E-state index contributed by atoms with van der Waals surface area (Å²) in [6.45, 7) is -5.09. The van der Waals surface area contributed by atoms with E-state index in [4.69, 9.17) is 11.6 Å². The summed E-state index contributed by atoms with van der Waals surface area (Å²) in [7, 11) is 0. The standard InChI is InChI=1S/C6H3BClF4.K/c8-5-3-4(7(10,11)12)1-2-6(5)9;/h1-3H;/q-1;+1. The molecule has 0 bridgehead atoms. The fourth-order valence-corrected chi connectivity index (χ4v) is 0.905. The Bertz CT molecular complexity index is 301. The third-order valence-electron chi connectivity index (χ3n) is 1.32. The van der Waals surface area contributed by atoms with E-state index in [-0.39, 0.29) is 51.4 Å². The average Bonchev–Trinajstić information content (AvgIpc) is 1.92. The molecule has 0 spiro atoms. The van der Waals surface area contributed by atoms with Crippen molar-refractivity contribution in [1.29, 1.82) is 0 Å². The fraction of sp³-hybridized carbons (Fsp3) is 0. The summed E-state index contributed by atoms with van der Waals surface area (Å²) in [6, 6.07) is 1.95. The van der Waals surface area contributed by atoms with Crippen molar-refractivity contribution in [2.75, 3.05) is 0 Å². The van der Waals surface area contributed by atoms with Gasteiger partial charge in [0.1, 0.15) is 5.82 Å². The van der Waals surface area contributed by atoms with E-state index in [0.29, 0.717) is 18.2 Å².